The summed E-state index contributed by atoms with van der Waals surface area (Å²) in [6.07, 6.45) is 0.793. The van der Waals surface area contributed by atoms with Crippen molar-refractivity contribution in [2.45, 2.75) is 13.3 Å². The molecule has 0 radical (unpaired) electrons. The number of nitrogens with zero attached hydrogens (tertiary/aromatic N) is 1. The van der Waals surface area contributed by atoms with Gasteiger partial charge in [0.25, 0.3) is 5.91 Å². The van der Waals surface area contributed by atoms with Gasteiger partial charge in [0.05, 0.1) is 26.2 Å². The van der Waals surface area contributed by atoms with Gasteiger partial charge in [-0.3, -0.25) is 9.59 Å². The van der Waals surface area contributed by atoms with Gasteiger partial charge in [-0.2, -0.15) is 0 Å². The Morgan fingerprint density at radius 1 is 1.00 bits per heavy atom. The Bertz CT molecular complexity index is 753. The summed E-state index contributed by atoms with van der Waals surface area (Å²) in [5.74, 6) is 0.139. The molecule has 2 aromatic rings. The molecule has 1 fully saturated rings. The number of carbonyl (C=O) groups is 2. The highest BCUT2D eigenvalue weighted by molar-refractivity contribution is 5.92. The van der Waals surface area contributed by atoms with E-state index in [2.05, 4.69) is 23.5 Å². The van der Waals surface area contributed by atoms with Gasteiger partial charge in [0.2, 0.25) is 5.91 Å². The van der Waals surface area contributed by atoms with Crippen molar-refractivity contribution in [2.75, 3.05) is 38.0 Å². The molecule has 5 heteroatoms. The SMILES string of the molecule is CC(=O)N1CC[NH+](CC(=O)Nc2ccccc2Cc2ccccc2)CC1. The van der Waals surface area contributed by atoms with Gasteiger partial charge >= 0.3 is 0 Å². The third-order valence-electron chi connectivity index (χ3n) is 4.86. The van der Waals surface area contributed by atoms with Crippen molar-refractivity contribution in [1.29, 1.82) is 0 Å². The van der Waals surface area contributed by atoms with Gasteiger partial charge in [-0.1, -0.05) is 48.5 Å². The lowest BCUT2D eigenvalue weighted by Gasteiger charge is -2.31. The number of amides is 2. The van der Waals surface area contributed by atoms with Crippen LogP contribution in [0, 0.1) is 0 Å². The number of nitrogens with one attached hydrogen (secondary N) is 2. The molecule has 2 amide bonds. The zero-order valence-corrected chi connectivity index (χ0v) is 15.2. The molecule has 1 saturated heterocycles. The van der Waals surface area contributed by atoms with Crippen molar-refractivity contribution in [3.05, 3.63) is 65.7 Å². The minimum atomic E-state index is 0.0248. The summed E-state index contributed by atoms with van der Waals surface area (Å²) >= 11 is 0. The zero-order valence-electron chi connectivity index (χ0n) is 15.2. The first-order valence-corrected chi connectivity index (χ1v) is 9.12. The fraction of sp³-hybridized carbons (Fsp3) is 0.333. The van der Waals surface area contributed by atoms with Gasteiger partial charge in [0.15, 0.2) is 6.54 Å². The van der Waals surface area contributed by atoms with Crippen LogP contribution in [0.25, 0.3) is 0 Å². The van der Waals surface area contributed by atoms with E-state index < -0.39 is 0 Å². The largest absolute Gasteiger partial charge is 0.332 e. The third-order valence-corrected chi connectivity index (χ3v) is 4.86. The van der Waals surface area contributed by atoms with E-state index in [0.717, 1.165) is 43.9 Å². The summed E-state index contributed by atoms with van der Waals surface area (Å²) in [5, 5.41) is 3.07. The van der Waals surface area contributed by atoms with Crippen LogP contribution in [0.3, 0.4) is 0 Å². The predicted molar refractivity (Wildman–Crippen MR) is 102 cm³/mol. The van der Waals surface area contributed by atoms with E-state index in [1.54, 1.807) is 6.92 Å². The van der Waals surface area contributed by atoms with Crippen LogP contribution in [0.15, 0.2) is 54.6 Å². The maximum absolute atomic E-state index is 12.5. The number of rotatable bonds is 5. The number of hydrogen-bond acceptors (Lipinski definition) is 2. The van der Waals surface area contributed by atoms with Gasteiger partial charge in [-0.25, -0.2) is 0 Å². The molecule has 0 spiro atoms. The lowest BCUT2D eigenvalue weighted by Crippen LogP contribution is -3.15. The first-order valence-electron chi connectivity index (χ1n) is 9.12. The molecule has 0 aliphatic carbocycles. The van der Waals surface area contributed by atoms with Crippen LogP contribution in [0.1, 0.15) is 18.1 Å². The average Bonchev–Trinajstić information content (AvgIpc) is 2.64. The Balaban J connectivity index is 1.57. The van der Waals surface area contributed by atoms with E-state index in [4.69, 9.17) is 0 Å². The second-order valence-electron chi connectivity index (χ2n) is 6.80. The predicted octanol–water partition coefficient (Wildman–Crippen LogP) is 0.963. The molecule has 26 heavy (non-hydrogen) atoms. The Kier molecular flexibility index (Phi) is 6.02. The first-order chi connectivity index (χ1) is 12.6. The second-order valence-corrected chi connectivity index (χ2v) is 6.80. The summed E-state index contributed by atoms with van der Waals surface area (Å²) in [5.41, 5.74) is 3.21. The molecule has 2 N–H and O–H groups in total. The monoisotopic (exact) mass is 352 g/mol. The highest BCUT2D eigenvalue weighted by Gasteiger charge is 2.23. The molecule has 0 unspecified atom stereocenters. The standard InChI is InChI=1S/C21H25N3O2/c1-17(25)24-13-11-23(12-14-24)16-21(26)22-20-10-6-5-9-19(20)15-18-7-3-2-4-8-18/h2-10H,11-16H2,1H3,(H,22,26)/p+1. The molecule has 5 nitrogen and oxygen atoms in total. The molecular weight excluding hydrogens is 326 g/mol. The van der Waals surface area contributed by atoms with Gasteiger partial charge in [-0.15, -0.1) is 0 Å². The van der Waals surface area contributed by atoms with Gasteiger partial charge < -0.3 is 15.1 Å². The molecule has 0 saturated carbocycles. The lowest BCUT2D eigenvalue weighted by atomic mass is 10.0. The number of benzene rings is 2. The summed E-state index contributed by atoms with van der Waals surface area (Å²) in [6.45, 7) is 5.12. The van der Waals surface area contributed by atoms with Gasteiger partial charge in [0, 0.05) is 12.6 Å². The van der Waals surface area contributed by atoms with Crippen LogP contribution >= 0.6 is 0 Å². The summed E-state index contributed by atoms with van der Waals surface area (Å²) in [7, 11) is 0. The van der Waals surface area contributed by atoms with E-state index >= 15 is 0 Å². The molecular formula is C21H26N3O2+. The van der Waals surface area contributed by atoms with Crippen molar-refractivity contribution < 1.29 is 14.5 Å². The zero-order chi connectivity index (χ0) is 18.4. The maximum Gasteiger partial charge on any atom is 0.279 e. The Morgan fingerprint density at radius 3 is 2.35 bits per heavy atom. The van der Waals surface area contributed by atoms with Gasteiger partial charge in [0.1, 0.15) is 0 Å². The van der Waals surface area contributed by atoms with E-state index in [1.165, 1.54) is 10.5 Å². The van der Waals surface area contributed by atoms with Crippen molar-refractivity contribution in [3.8, 4) is 0 Å². The second kappa shape index (κ2) is 8.63. The first kappa shape index (κ1) is 18.1. The molecule has 1 aliphatic heterocycles. The molecule has 1 aliphatic rings. The molecule has 136 valence electrons. The van der Waals surface area contributed by atoms with E-state index in [1.807, 2.05) is 41.3 Å². The molecule has 3 rings (SSSR count). The van der Waals surface area contributed by atoms with E-state index in [9.17, 15) is 9.59 Å². The third kappa shape index (κ3) is 4.92. The van der Waals surface area contributed by atoms with Crippen LogP contribution in [0.2, 0.25) is 0 Å². The molecule has 2 aromatic carbocycles. The molecule has 0 bridgehead atoms. The van der Waals surface area contributed by atoms with Crippen LogP contribution < -0.4 is 10.2 Å². The van der Waals surface area contributed by atoms with E-state index in [0.29, 0.717) is 6.54 Å². The van der Waals surface area contributed by atoms with Crippen molar-refractivity contribution in [1.82, 2.24) is 4.90 Å². The molecule has 1 heterocycles. The number of carbonyl (C=O) groups excluding carboxylic acids is 2. The summed E-state index contributed by atoms with van der Waals surface area (Å²) in [4.78, 5) is 26.9. The Morgan fingerprint density at radius 2 is 1.65 bits per heavy atom. The van der Waals surface area contributed by atoms with Gasteiger partial charge in [-0.05, 0) is 23.6 Å². The Labute approximate surface area is 154 Å². The van der Waals surface area contributed by atoms with Crippen LogP contribution in [0.4, 0.5) is 5.69 Å². The molecule has 0 atom stereocenters. The maximum atomic E-state index is 12.5. The minimum absolute atomic E-state index is 0.0248. The highest BCUT2D eigenvalue weighted by Crippen LogP contribution is 2.18. The molecule has 0 aromatic heterocycles. The van der Waals surface area contributed by atoms with Crippen LogP contribution in [-0.4, -0.2) is 49.4 Å². The quantitative estimate of drug-likeness (QED) is 0.842. The van der Waals surface area contributed by atoms with Crippen LogP contribution in [-0.2, 0) is 16.0 Å². The van der Waals surface area contributed by atoms with Crippen LogP contribution in [0.5, 0.6) is 0 Å². The number of hydrogen-bond donors (Lipinski definition) is 2. The fourth-order valence-corrected chi connectivity index (χ4v) is 3.35. The van der Waals surface area contributed by atoms with Crippen molar-refractivity contribution >= 4 is 17.5 Å². The number of piperazine rings is 1. The van der Waals surface area contributed by atoms with Crippen molar-refractivity contribution in [3.63, 3.8) is 0 Å². The minimum Gasteiger partial charge on any atom is -0.332 e. The topological polar surface area (TPSA) is 53.9 Å². The highest BCUT2D eigenvalue weighted by atomic mass is 16.2. The number of anilines is 1. The summed E-state index contributed by atoms with van der Waals surface area (Å²) < 4.78 is 0. The van der Waals surface area contributed by atoms with E-state index in [-0.39, 0.29) is 11.8 Å². The Hall–Kier alpha value is -2.66. The normalized spacial score (nSPS) is 14.9. The fourth-order valence-electron chi connectivity index (χ4n) is 3.35. The number of para-hydroxylation sites is 1. The number of quaternary nitrogens is 1. The summed E-state index contributed by atoms with van der Waals surface area (Å²) in [6, 6.07) is 18.2. The van der Waals surface area contributed by atoms with Crippen molar-refractivity contribution in [2.24, 2.45) is 0 Å². The smallest absolute Gasteiger partial charge is 0.279 e. The average molecular weight is 352 g/mol. The lowest BCUT2D eigenvalue weighted by molar-refractivity contribution is -0.895.